The van der Waals surface area contributed by atoms with E-state index in [1.807, 2.05) is 30.1 Å². The summed E-state index contributed by atoms with van der Waals surface area (Å²) in [5.74, 6) is -0.651. The predicted octanol–water partition coefficient (Wildman–Crippen LogP) is 3.31. The van der Waals surface area contributed by atoms with Crippen molar-refractivity contribution >= 4 is 11.5 Å². The SMILES string of the molecule is CN(CC1(c2ccccc2)CC1)c1ccc2nnc(C(F)(F)F)n2n1. The smallest absolute Gasteiger partial charge is 0.357 e. The van der Waals surface area contributed by atoms with Gasteiger partial charge in [0.15, 0.2) is 5.65 Å². The van der Waals surface area contributed by atoms with Crippen LogP contribution in [0, 0.1) is 0 Å². The van der Waals surface area contributed by atoms with Crippen molar-refractivity contribution in [3.05, 3.63) is 53.9 Å². The lowest BCUT2D eigenvalue weighted by molar-refractivity contribution is -0.146. The van der Waals surface area contributed by atoms with Crippen LogP contribution in [0.15, 0.2) is 42.5 Å². The Bertz CT molecular complexity index is 900. The first kappa shape index (κ1) is 15.9. The molecule has 5 nitrogen and oxygen atoms in total. The molecule has 0 spiro atoms. The average molecular weight is 347 g/mol. The molecule has 0 N–H and O–H groups in total. The predicted molar refractivity (Wildman–Crippen MR) is 86.4 cm³/mol. The minimum atomic E-state index is -4.59. The number of rotatable bonds is 4. The molecule has 0 amide bonds. The molecule has 0 unspecified atom stereocenters. The number of nitrogens with zero attached hydrogens (tertiary/aromatic N) is 5. The summed E-state index contributed by atoms with van der Waals surface area (Å²) in [6.07, 6.45) is -2.47. The van der Waals surface area contributed by atoms with Crippen LogP contribution in [0.5, 0.6) is 0 Å². The Hall–Kier alpha value is -2.64. The van der Waals surface area contributed by atoms with E-state index in [0.717, 1.165) is 17.4 Å². The number of likely N-dealkylation sites (N-methyl/N-ethyl adjacent to an activating group) is 1. The fraction of sp³-hybridized carbons (Fsp3) is 0.353. The normalized spacial score (nSPS) is 16.2. The van der Waals surface area contributed by atoms with Crippen molar-refractivity contribution in [2.75, 3.05) is 18.5 Å². The van der Waals surface area contributed by atoms with E-state index < -0.39 is 12.0 Å². The molecule has 3 aromatic rings. The quantitative estimate of drug-likeness (QED) is 0.726. The molecule has 2 heterocycles. The molecule has 25 heavy (non-hydrogen) atoms. The van der Waals surface area contributed by atoms with E-state index in [1.165, 1.54) is 11.6 Å². The third-order valence-electron chi connectivity index (χ3n) is 4.67. The summed E-state index contributed by atoms with van der Waals surface area (Å²) in [7, 11) is 1.84. The first-order valence-electron chi connectivity index (χ1n) is 7.95. The fourth-order valence-corrected chi connectivity index (χ4v) is 3.18. The standard InChI is InChI=1S/C17H16F3N5/c1-24(11-16(9-10-16)12-5-3-2-4-6-12)14-8-7-13-21-22-15(17(18,19)20)25(13)23-14/h2-8H,9-11H2,1H3. The molecule has 1 aliphatic carbocycles. The maximum Gasteiger partial charge on any atom is 0.453 e. The number of benzene rings is 1. The van der Waals surface area contributed by atoms with Crippen LogP contribution in [0.3, 0.4) is 0 Å². The Morgan fingerprint density at radius 2 is 1.80 bits per heavy atom. The Kier molecular flexibility index (Phi) is 3.45. The summed E-state index contributed by atoms with van der Waals surface area (Å²) < 4.78 is 39.8. The van der Waals surface area contributed by atoms with E-state index in [9.17, 15) is 13.2 Å². The molecule has 1 aliphatic rings. The van der Waals surface area contributed by atoms with Crippen molar-refractivity contribution in [3.63, 3.8) is 0 Å². The molecule has 8 heteroatoms. The second kappa shape index (κ2) is 5.44. The van der Waals surface area contributed by atoms with Gasteiger partial charge in [0.1, 0.15) is 5.82 Å². The van der Waals surface area contributed by atoms with Gasteiger partial charge >= 0.3 is 6.18 Å². The molecule has 130 valence electrons. The fourth-order valence-electron chi connectivity index (χ4n) is 3.18. The summed E-state index contributed by atoms with van der Waals surface area (Å²) in [4.78, 5) is 1.89. The summed E-state index contributed by atoms with van der Waals surface area (Å²) in [5, 5.41) is 10.8. The van der Waals surface area contributed by atoms with E-state index in [-0.39, 0.29) is 11.1 Å². The minimum Gasteiger partial charge on any atom is -0.357 e. The third-order valence-corrected chi connectivity index (χ3v) is 4.67. The largest absolute Gasteiger partial charge is 0.453 e. The van der Waals surface area contributed by atoms with Gasteiger partial charge in [0.2, 0.25) is 0 Å². The van der Waals surface area contributed by atoms with E-state index >= 15 is 0 Å². The lowest BCUT2D eigenvalue weighted by Gasteiger charge is -2.25. The number of alkyl halides is 3. The topological polar surface area (TPSA) is 46.3 Å². The van der Waals surface area contributed by atoms with Gasteiger partial charge in [0.05, 0.1) is 0 Å². The first-order chi connectivity index (χ1) is 11.9. The molecule has 0 bridgehead atoms. The molecule has 0 atom stereocenters. The molecule has 1 fully saturated rings. The molecule has 1 aromatic carbocycles. The summed E-state index contributed by atoms with van der Waals surface area (Å²) >= 11 is 0. The summed E-state index contributed by atoms with van der Waals surface area (Å²) in [6.45, 7) is 0.693. The molecule has 0 radical (unpaired) electrons. The monoisotopic (exact) mass is 347 g/mol. The Labute approximate surface area is 142 Å². The van der Waals surface area contributed by atoms with Crippen molar-refractivity contribution in [1.29, 1.82) is 0 Å². The second-order valence-electron chi connectivity index (χ2n) is 6.49. The van der Waals surface area contributed by atoms with E-state index in [0.29, 0.717) is 12.4 Å². The molecule has 4 rings (SSSR count). The zero-order valence-corrected chi connectivity index (χ0v) is 13.5. The summed E-state index contributed by atoms with van der Waals surface area (Å²) in [5.41, 5.74) is 1.38. The van der Waals surface area contributed by atoms with Crippen LogP contribution in [0.1, 0.15) is 24.2 Å². The number of hydrogen-bond acceptors (Lipinski definition) is 4. The lowest BCUT2D eigenvalue weighted by Crippen LogP contribution is -2.30. The molecule has 0 saturated heterocycles. The van der Waals surface area contributed by atoms with Gasteiger partial charge in [-0.25, -0.2) is 0 Å². The average Bonchev–Trinajstić information content (AvgIpc) is 3.23. The van der Waals surface area contributed by atoms with Crippen molar-refractivity contribution in [3.8, 4) is 0 Å². The van der Waals surface area contributed by atoms with Gasteiger partial charge in [-0.2, -0.15) is 17.7 Å². The molecular formula is C17H16F3N5. The lowest BCUT2D eigenvalue weighted by atomic mass is 9.95. The van der Waals surface area contributed by atoms with E-state index in [1.54, 1.807) is 6.07 Å². The minimum absolute atomic E-state index is 0.0483. The number of hydrogen-bond donors (Lipinski definition) is 0. The maximum absolute atomic E-state index is 13.0. The van der Waals surface area contributed by atoms with Gasteiger partial charge < -0.3 is 4.90 Å². The molecular weight excluding hydrogens is 331 g/mol. The molecule has 1 saturated carbocycles. The van der Waals surface area contributed by atoms with Crippen molar-refractivity contribution in [2.24, 2.45) is 0 Å². The Morgan fingerprint density at radius 1 is 1.08 bits per heavy atom. The van der Waals surface area contributed by atoms with Gasteiger partial charge in [0.25, 0.3) is 5.82 Å². The van der Waals surface area contributed by atoms with Gasteiger partial charge in [-0.3, -0.25) is 0 Å². The maximum atomic E-state index is 13.0. The molecule has 0 aliphatic heterocycles. The first-order valence-corrected chi connectivity index (χ1v) is 7.95. The number of anilines is 1. The highest BCUT2D eigenvalue weighted by molar-refractivity contribution is 5.47. The van der Waals surface area contributed by atoms with E-state index in [2.05, 4.69) is 27.4 Å². The van der Waals surface area contributed by atoms with Gasteiger partial charge in [-0.15, -0.1) is 15.3 Å². The summed E-state index contributed by atoms with van der Waals surface area (Å²) in [6, 6.07) is 13.4. The van der Waals surface area contributed by atoms with Crippen LogP contribution in [0.4, 0.5) is 19.0 Å². The number of aromatic nitrogens is 4. The van der Waals surface area contributed by atoms with Crippen LogP contribution in [0.2, 0.25) is 0 Å². The Balaban J connectivity index is 1.63. The van der Waals surface area contributed by atoms with E-state index in [4.69, 9.17) is 0 Å². The highest BCUT2D eigenvalue weighted by Crippen LogP contribution is 2.48. The zero-order valence-electron chi connectivity index (χ0n) is 13.5. The van der Waals surface area contributed by atoms with Crippen molar-refractivity contribution in [1.82, 2.24) is 19.8 Å². The van der Waals surface area contributed by atoms with Crippen LogP contribution >= 0.6 is 0 Å². The van der Waals surface area contributed by atoms with Gasteiger partial charge in [-0.1, -0.05) is 30.3 Å². The van der Waals surface area contributed by atoms with Crippen LogP contribution in [0.25, 0.3) is 5.65 Å². The third kappa shape index (κ3) is 2.81. The van der Waals surface area contributed by atoms with Crippen LogP contribution in [-0.2, 0) is 11.6 Å². The van der Waals surface area contributed by atoms with Gasteiger partial charge in [-0.05, 0) is 30.5 Å². The second-order valence-corrected chi connectivity index (χ2v) is 6.49. The van der Waals surface area contributed by atoms with Crippen molar-refractivity contribution in [2.45, 2.75) is 24.4 Å². The van der Waals surface area contributed by atoms with Crippen LogP contribution in [-0.4, -0.2) is 33.4 Å². The van der Waals surface area contributed by atoms with Crippen LogP contribution < -0.4 is 4.90 Å². The highest BCUT2D eigenvalue weighted by Gasteiger charge is 2.45. The Morgan fingerprint density at radius 3 is 2.44 bits per heavy atom. The number of halogens is 3. The van der Waals surface area contributed by atoms with Crippen molar-refractivity contribution < 1.29 is 13.2 Å². The zero-order chi connectivity index (χ0) is 17.7. The molecule has 2 aromatic heterocycles. The number of fused-ring (bicyclic) bond motifs is 1. The van der Waals surface area contributed by atoms with Gasteiger partial charge in [0, 0.05) is 19.0 Å². The highest BCUT2D eigenvalue weighted by atomic mass is 19.4.